The van der Waals surface area contributed by atoms with Crippen molar-refractivity contribution < 1.29 is 14.7 Å². The number of aliphatic carboxylic acids is 1. The molecule has 1 aromatic carbocycles. The highest BCUT2D eigenvalue weighted by Gasteiger charge is 2.37. The third kappa shape index (κ3) is 3.70. The van der Waals surface area contributed by atoms with E-state index in [0.717, 1.165) is 5.56 Å². The first-order valence-corrected chi connectivity index (χ1v) is 6.64. The minimum Gasteiger partial charge on any atom is -0.481 e. The maximum atomic E-state index is 11.5. The molecule has 0 saturated carbocycles. The fourth-order valence-corrected chi connectivity index (χ4v) is 2.65. The van der Waals surface area contributed by atoms with Crippen LogP contribution < -0.4 is 5.32 Å². The van der Waals surface area contributed by atoms with Crippen LogP contribution in [-0.4, -0.2) is 22.5 Å². The number of carbonyl (C=O) groups is 2. The molecule has 19 heavy (non-hydrogen) atoms. The number of carboxylic acids is 1. The van der Waals surface area contributed by atoms with Crippen LogP contribution in [0.2, 0.25) is 5.02 Å². The molecule has 2 N–H and O–H groups in total. The maximum Gasteiger partial charge on any atom is 0.303 e. The first kappa shape index (κ1) is 13.9. The van der Waals surface area contributed by atoms with Crippen molar-refractivity contribution in [2.45, 2.75) is 37.6 Å². The molecular weight excluding hydrogens is 266 g/mol. The van der Waals surface area contributed by atoms with Gasteiger partial charge in [0, 0.05) is 23.4 Å². The number of nitrogens with one attached hydrogen (secondary N) is 1. The molecule has 1 heterocycles. The van der Waals surface area contributed by atoms with Crippen LogP contribution >= 0.6 is 11.6 Å². The zero-order valence-corrected chi connectivity index (χ0v) is 11.2. The van der Waals surface area contributed by atoms with E-state index < -0.39 is 11.5 Å². The smallest absolute Gasteiger partial charge is 0.303 e. The van der Waals surface area contributed by atoms with E-state index >= 15 is 0 Å². The summed E-state index contributed by atoms with van der Waals surface area (Å²) in [5.74, 6) is -0.837. The number of carboxylic acid groups (broad SMARTS) is 1. The molecule has 0 unspecified atom stereocenters. The Labute approximate surface area is 116 Å². The van der Waals surface area contributed by atoms with Crippen LogP contribution in [0.25, 0.3) is 0 Å². The lowest BCUT2D eigenvalue weighted by atomic mass is 9.85. The lowest BCUT2D eigenvalue weighted by Crippen LogP contribution is -2.44. The summed E-state index contributed by atoms with van der Waals surface area (Å²) in [4.78, 5) is 22.2. The van der Waals surface area contributed by atoms with E-state index in [1.165, 1.54) is 0 Å². The van der Waals surface area contributed by atoms with Crippen molar-refractivity contribution >= 4 is 23.5 Å². The van der Waals surface area contributed by atoms with Gasteiger partial charge in [-0.3, -0.25) is 9.59 Å². The van der Waals surface area contributed by atoms with Crippen LogP contribution in [0.3, 0.4) is 0 Å². The molecule has 5 heteroatoms. The Morgan fingerprint density at radius 1 is 1.37 bits per heavy atom. The summed E-state index contributed by atoms with van der Waals surface area (Å²) in [5.41, 5.74) is 0.625. The van der Waals surface area contributed by atoms with Gasteiger partial charge in [0.25, 0.3) is 0 Å². The second-order valence-corrected chi connectivity index (χ2v) is 5.46. The van der Waals surface area contributed by atoms with Crippen molar-refractivity contribution in [2.75, 3.05) is 0 Å². The van der Waals surface area contributed by atoms with Crippen LogP contribution in [-0.2, 0) is 16.0 Å². The Bertz CT molecular complexity index is 486. The van der Waals surface area contributed by atoms with Crippen LogP contribution in [0.4, 0.5) is 0 Å². The van der Waals surface area contributed by atoms with Gasteiger partial charge in [0.15, 0.2) is 0 Å². The Morgan fingerprint density at radius 3 is 2.58 bits per heavy atom. The summed E-state index contributed by atoms with van der Waals surface area (Å²) in [5, 5.41) is 12.4. The average molecular weight is 282 g/mol. The molecule has 1 fully saturated rings. The second-order valence-electron chi connectivity index (χ2n) is 5.03. The fourth-order valence-electron chi connectivity index (χ4n) is 2.52. The normalized spacial score (nSPS) is 22.3. The number of amides is 1. The molecule has 2 rings (SSSR count). The molecule has 0 aromatic heterocycles. The third-order valence-electron chi connectivity index (χ3n) is 3.51. The Kier molecular flexibility index (Phi) is 4.10. The number of rotatable bonds is 5. The lowest BCUT2D eigenvalue weighted by molar-refractivity contribution is -0.137. The summed E-state index contributed by atoms with van der Waals surface area (Å²) < 4.78 is 0. The predicted octanol–water partition coefficient (Wildman–Crippen LogP) is 2.40. The van der Waals surface area contributed by atoms with Crippen molar-refractivity contribution in [3.05, 3.63) is 34.9 Å². The third-order valence-corrected chi connectivity index (χ3v) is 3.76. The van der Waals surface area contributed by atoms with Crippen molar-refractivity contribution in [1.29, 1.82) is 0 Å². The summed E-state index contributed by atoms with van der Waals surface area (Å²) in [6, 6.07) is 7.43. The van der Waals surface area contributed by atoms with Gasteiger partial charge >= 0.3 is 5.97 Å². The number of hydrogen-bond acceptors (Lipinski definition) is 2. The molecular formula is C14H16ClNO3. The molecule has 0 bridgehead atoms. The van der Waals surface area contributed by atoms with E-state index in [2.05, 4.69) is 5.32 Å². The van der Waals surface area contributed by atoms with Gasteiger partial charge < -0.3 is 10.4 Å². The number of hydrogen-bond donors (Lipinski definition) is 2. The van der Waals surface area contributed by atoms with Gasteiger partial charge in [-0.05, 0) is 37.0 Å². The van der Waals surface area contributed by atoms with E-state index in [0.29, 0.717) is 30.7 Å². The Balaban J connectivity index is 2.11. The molecule has 1 aliphatic heterocycles. The van der Waals surface area contributed by atoms with E-state index in [4.69, 9.17) is 16.7 Å². The van der Waals surface area contributed by atoms with Gasteiger partial charge in [-0.15, -0.1) is 0 Å². The monoisotopic (exact) mass is 281 g/mol. The summed E-state index contributed by atoms with van der Waals surface area (Å²) >= 11 is 5.84. The van der Waals surface area contributed by atoms with Crippen LogP contribution in [0.5, 0.6) is 0 Å². The van der Waals surface area contributed by atoms with Crippen LogP contribution in [0, 0.1) is 0 Å². The van der Waals surface area contributed by atoms with Crippen molar-refractivity contribution in [3.8, 4) is 0 Å². The summed E-state index contributed by atoms with van der Waals surface area (Å²) in [6.45, 7) is 0. The maximum absolute atomic E-state index is 11.5. The molecule has 102 valence electrons. The van der Waals surface area contributed by atoms with E-state index in [9.17, 15) is 9.59 Å². The van der Waals surface area contributed by atoms with Gasteiger partial charge in [-0.1, -0.05) is 23.7 Å². The second kappa shape index (κ2) is 5.61. The highest BCUT2D eigenvalue weighted by Crippen LogP contribution is 2.29. The zero-order chi connectivity index (χ0) is 13.9. The van der Waals surface area contributed by atoms with Crippen LogP contribution in [0.1, 0.15) is 31.2 Å². The molecule has 1 aliphatic rings. The number of carbonyl (C=O) groups excluding carboxylic acids is 1. The fraction of sp³-hybridized carbons (Fsp3) is 0.429. The first-order chi connectivity index (χ1) is 8.99. The minimum absolute atomic E-state index is 0.000600. The van der Waals surface area contributed by atoms with Gasteiger partial charge in [0.05, 0.1) is 0 Å². The molecule has 0 spiro atoms. The Morgan fingerprint density at radius 2 is 2.05 bits per heavy atom. The molecule has 0 radical (unpaired) electrons. The highest BCUT2D eigenvalue weighted by molar-refractivity contribution is 6.30. The predicted molar refractivity (Wildman–Crippen MR) is 72.1 cm³/mol. The van der Waals surface area contributed by atoms with E-state index in [1.54, 1.807) is 12.1 Å². The molecule has 1 atom stereocenters. The van der Waals surface area contributed by atoms with Crippen molar-refractivity contribution in [3.63, 3.8) is 0 Å². The number of halogens is 1. The highest BCUT2D eigenvalue weighted by atomic mass is 35.5. The molecule has 4 nitrogen and oxygen atoms in total. The molecule has 1 saturated heterocycles. The van der Waals surface area contributed by atoms with Gasteiger partial charge in [0.2, 0.25) is 5.91 Å². The SMILES string of the molecule is O=C(O)CC[C@]1(Cc2ccc(Cl)cc2)CCC(=O)N1. The quantitative estimate of drug-likeness (QED) is 0.871. The van der Waals surface area contributed by atoms with Crippen molar-refractivity contribution in [1.82, 2.24) is 5.32 Å². The lowest BCUT2D eigenvalue weighted by Gasteiger charge is -2.29. The van der Waals surface area contributed by atoms with Gasteiger partial charge in [0.1, 0.15) is 0 Å². The largest absolute Gasteiger partial charge is 0.481 e. The van der Waals surface area contributed by atoms with Crippen LogP contribution in [0.15, 0.2) is 24.3 Å². The first-order valence-electron chi connectivity index (χ1n) is 6.26. The molecule has 1 aromatic rings. The minimum atomic E-state index is -0.836. The average Bonchev–Trinajstić information content (AvgIpc) is 2.72. The Hall–Kier alpha value is -1.55. The van der Waals surface area contributed by atoms with E-state index in [1.807, 2.05) is 12.1 Å². The van der Waals surface area contributed by atoms with Crippen molar-refractivity contribution in [2.24, 2.45) is 0 Å². The standard InChI is InChI=1S/C14H16ClNO3/c15-11-3-1-10(2-4-11)9-14(8-6-13(18)19)7-5-12(17)16-14/h1-4H,5-9H2,(H,16,17)(H,18,19)/t14-/m0/s1. The van der Waals surface area contributed by atoms with E-state index in [-0.39, 0.29) is 12.3 Å². The topological polar surface area (TPSA) is 66.4 Å². The van der Waals surface area contributed by atoms with Gasteiger partial charge in [-0.2, -0.15) is 0 Å². The summed E-state index contributed by atoms with van der Waals surface area (Å²) in [6.07, 6.45) is 2.31. The summed E-state index contributed by atoms with van der Waals surface area (Å²) in [7, 11) is 0. The molecule has 1 amide bonds. The van der Waals surface area contributed by atoms with Gasteiger partial charge in [-0.25, -0.2) is 0 Å². The molecule has 0 aliphatic carbocycles. The zero-order valence-electron chi connectivity index (χ0n) is 10.5. The number of benzene rings is 1.